The summed E-state index contributed by atoms with van der Waals surface area (Å²) in [6, 6.07) is 9.86. The van der Waals surface area contributed by atoms with E-state index < -0.39 is 11.8 Å². The summed E-state index contributed by atoms with van der Waals surface area (Å²) in [5.74, 6) is -1.56. The molecule has 132 valence electrons. The van der Waals surface area contributed by atoms with Crippen LogP contribution in [0.4, 0.5) is 5.69 Å². The van der Waals surface area contributed by atoms with E-state index in [0.717, 1.165) is 5.56 Å². The van der Waals surface area contributed by atoms with Crippen LogP contribution in [0, 0.1) is 6.92 Å². The minimum atomic E-state index is -0.668. The molecule has 1 fully saturated rings. The summed E-state index contributed by atoms with van der Waals surface area (Å²) in [7, 11) is 0. The Hall–Kier alpha value is -2.41. The van der Waals surface area contributed by atoms with E-state index in [2.05, 4.69) is 5.32 Å². The van der Waals surface area contributed by atoms with Gasteiger partial charge in [0.1, 0.15) is 11.3 Å². The van der Waals surface area contributed by atoms with Crippen molar-refractivity contribution in [2.24, 2.45) is 0 Å². The van der Waals surface area contributed by atoms with Crippen molar-refractivity contribution in [3.8, 4) is 5.75 Å². The van der Waals surface area contributed by atoms with Crippen LogP contribution in [0.3, 0.4) is 0 Å². The van der Waals surface area contributed by atoms with Crippen molar-refractivity contribution in [3.05, 3.63) is 63.1 Å². The number of carbonyl (C=O) groups is 2. The summed E-state index contributed by atoms with van der Waals surface area (Å²) in [4.78, 5) is 26.4. The molecule has 1 heterocycles. The SMILES string of the molecule is Cc1ccc(N2C(=O)C(=Cc3cc(Cl)cc(Cl)c3O)C(=O)NC2=S)cc1. The molecule has 0 radical (unpaired) electrons. The van der Waals surface area contributed by atoms with Gasteiger partial charge in [0.05, 0.1) is 10.7 Å². The van der Waals surface area contributed by atoms with Gasteiger partial charge in [0, 0.05) is 10.6 Å². The Bertz CT molecular complexity index is 971. The second kappa shape index (κ2) is 7.07. The molecule has 2 N–H and O–H groups in total. The second-order valence-electron chi connectivity index (χ2n) is 5.62. The van der Waals surface area contributed by atoms with E-state index in [1.807, 2.05) is 19.1 Å². The average molecular weight is 407 g/mol. The molecule has 0 bridgehead atoms. The fourth-order valence-electron chi connectivity index (χ4n) is 2.44. The molecule has 1 aliphatic heterocycles. The number of carbonyl (C=O) groups excluding carboxylic acids is 2. The molecule has 26 heavy (non-hydrogen) atoms. The monoisotopic (exact) mass is 406 g/mol. The van der Waals surface area contributed by atoms with Gasteiger partial charge in [-0.15, -0.1) is 0 Å². The zero-order chi connectivity index (χ0) is 19.0. The molecular weight excluding hydrogens is 395 g/mol. The number of rotatable bonds is 2. The van der Waals surface area contributed by atoms with Gasteiger partial charge in [0.25, 0.3) is 11.8 Å². The van der Waals surface area contributed by atoms with Crippen LogP contribution in [-0.4, -0.2) is 22.0 Å². The van der Waals surface area contributed by atoms with Crippen LogP contribution in [-0.2, 0) is 9.59 Å². The van der Waals surface area contributed by atoms with Crippen molar-refractivity contribution < 1.29 is 14.7 Å². The number of amides is 2. The molecule has 0 aliphatic carbocycles. The first-order valence-electron chi connectivity index (χ1n) is 7.44. The predicted molar refractivity (Wildman–Crippen MR) is 106 cm³/mol. The van der Waals surface area contributed by atoms with E-state index in [-0.39, 0.29) is 32.0 Å². The average Bonchev–Trinajstić information content (AvgIpc) is 2.57. The van der Waals surface area contributed by atoms with Gasteiger partial charge in [-0.2, -0.15) is 0 Å². The Kier molecular flexibility index (Phi) is 5.00. The molecule has 0 spiro atoms. The van der Waals surface area contributed by atoms with Crippen LogP contribution in [0.2, 0.25) is 10.0 Å². The van der Waals surface area contributed by atoms with Gasteiger partial charge in [0.2, 0.25) is 0 Å². The molecule has 5 nitrogen and oxygen atoms in total. The first-order valence-corrected chi connectivity index (χ1v) is 8.60. The largest absolute Gasteiger partial charge is 0.506 e. The van der Waals surface area contributed by atoms with Crippen molar-refractivity contribution in [3.63, 3.8) is 0 Å². The van der Waals surface area contributed by atoms with Gasteiger partial charge >= 0.3 is 0 Å². The number of nitrogens with one attached hydrogen (secondary N) is 1. The van der Waals surface area contributed by atoms with E-state index in [0.29, 0.717) is 5.69 Å². The Morgan fingerprint density at radius 1 is 1.15 bits per heavy atom. The first-order chi connectivity index (χ1) is 12.3. The number of halogens is 2. The lowest BCUT2D eigenvalue weighted by Crippen LogP contribution is -2.54. The van der Waals surface area contributed by atoms with E-state index in [1.165, 1.54) is 23.1 Å². The highest BCUT2D eigenvalue weighted by Crippen LogP contribution is 2.33. The molecule has 2 amide bonds. The van der Waals surface area contributed by atoms with Crippen molar-refractivity contribution >= 4 is 64.1 Å². The van der Waals surface area contributed by atoms with E-state index in [1.54, 1.807) is 12.1 Å². The highest BCUT2D eigenvalue weighted by molar-refractivity contribution is 7.80. The number of aryl methyl sites for hydroxylation is 1. The van der Waals surface area contributed by atoms with Crippen LogP contribution >= 0.6 is 35.4 Å². The lowest BCUT2D eigenvalue weighted by Gasteiger charge is -2.29. The van der Waals surface area contributed by atoms with Crippen LogP contribution in [0.25, 0.3) is 6.08 Å². The maximum absolute atomic E-state index is 12.9. The minimum Gasteiger partial charge on any atom is -0.506 e. The normalized spacial score (nSPS) is 16.2. The summed E-state index contributed by atoms with van der Waals surface area (Å²) >= 11 is 17.0. The number of phenolic OH excluding ortho intramolecular Hbond substituents is 1. The molecular formula is C18H12Cl2N2O3S. The summed E-state index contributed by atoms with van der Waals surface area (Å²) < 4.78 is 0. The Balaban J connectivity index is 2.07. The van der Waals surface area contributed by atoms with Crippen molar-refractivity contribution in [2.75, 3.05) is 4.90 Å². The van der Waals surface area contributed by atoms with E-state index in [9.17, 15) is 14.7 Å². The Morgan fingerprint density at radius 3 is 2.46 bits per heavy atom. The Morgan fingerprint density at radius 2 is 1.81 bits per heavy atom. The molecule has 1 saturated heterocycles. The zero-order valence-electron chi connectivity index (χ0n) is 13.4. The van der Waals surface area contributed by atoms with Crippen LogP contribution < -0.4 is 10.2 Å². The van der Waals surface area contributed by atoms with Crippen LogP contribution in [0.5, 0.6) is 5.75 Å². The first kappa shape index (κ1) is 18.4. The molecule has 0 unspecified atom stereocenters. The van der Waals surface area contributed by atoms with E-state index in [4.69, 9.17) is 35.4 Å². The smallest absolute Gasteiger partial charge is 0.270 e. The van der Waals surface area contributed by atoms with Crippen molar-refractivity contribution in [1.29, 1.82) is 0 Å². The maximum atomic E-state index is 12.9. The molecule has 2 aromatic rings. The van der Waals surface area contributed by atoms with Crippen molar-refractivity contribution in [1.82, 2.24) is 5.32 Å². The molecule has 2 aromatic carbocycles. The number of hydrogen-bond acceptors (Lipinski definition) is 4. The summed E-state index contributed by atoms with van der Waals surface area (Å²) in [6.45, 7) is 1.92. The third-order valence-electron chi connectivity index (χ3n) is 3.75. The number of nitrogens with zero attached hydrogens (tertiary/aromatic N) is 1. The van der Waals surface area contributed by atoms with Gasteiger partial charge < -0.3 is 5.11 Å². The molecule has 0 aromatic heterocycles. The standard InChI is InChI=1S/C18H12Cl2N2O3S/c1-9-2-4-12(5-3-9)22-17(25)13(16(24)21-18(22)26)7-10-6-11(19)8-14(20)15(10)23/h2-8,23H,1H3,(H,21,24,26). The van der Waals surface area contributed by atoms with Crippen LogP contribution in [0.15, 0.2) is 42.0 Å². The van der Waals surface area contributed by atoms with Crippen LogP contribution in [0.1, 0.15) is 11.1 Å². The predicted octanol–water partition coefficient (Wildman–Crippen LogP) is 3.84. The quantitative estimate of drug-likeness (QED) is 0.451. The fraction of sp³-hybridized carbons (Fsp3) is 0.0556. The number of benzene rings is 2. The molecule has 8 heteroatoms. The third kappa shape index (κ3) is 3.44. The number of aromatic hydroxyl groups is 1. The number of phenols is 1. The van der Waals surface area contributed by atoms with Gasteiger partial charge in [0.15, 0.2) is 5.11 Å². The highest BCUT2D eigenvalue weighted by atomic mass is 35.5. The zero-order valence-corrected chi connectivity index (χ0v) is 15.7. The summed E-state index contributed by atoms with van der Waals surface area (Å²) in [5, 5.41) is 12.8. The third-order valence-corrected chi connectivity index (χ3v) is 4.54. The molecule has 0 atom stereocenters. The highest BCUT2D eigenvalue weighted by Gasteiger charge is 2.34. The topological polar surface area (TPSA) is 69.6 Å². The fourth-order valence-corrected chi connectivity index (χ4v) is 3.23. The Labute approximate surface area is 164 Å². The molecule has 1 aliphatic rings. The molecule has 0 saturated carbocycles. The van der Waals surface area contributed by atoms with E-state index >= 15 is 0 Å². The van der Waals surface area contributed by atoms with Gasteiger partial charge in [-0.25, -0.2) is 0 Å². The summed E-state index contributed by atoms with van der Waals surface area (Å²) in [5.41, 5.74) is 1.48. The molecule has 3 rings (SSSR count). The number of hydrogen-bond donors (Lipinski definition) is 2. The summed E-state index contributed by atoms with van der Waals surface area (Å²) in [6.07, 6.45) is 1.23. The van der Waals surface area contributed by atoms with Crippen molar-refractivity contribution in [2.45, 2.75) is 6.92 Å². The lowest BCUT2D eigenvalue weighted by atomic mass is 10.1. The number of anilines is 1. The minimum absolute atomic E-state index is 0.0129. The lowest BCUT2D eigenvalue weighted by molar-refractivity contribution is -0.122. The number of thiocarbonyl (C=S) groups is 1. The van der Waals surface area contributed by atoms with Gasteiger partial charge in [-0.05, 0) is 49.5 Å². The van der Waals surface area contributed by atoms with Gasteiger partial charge in [-0.3, -0.25) is 19.8 Å². The second-order valence-corrected chi connectivity index (χ2v) is 6.85. The maximum Gasteiger partial charge on any atom is 0.270 e. The van der Waals surface area contributed by atoms with Gasteiger partial charge in [-0.1, -0.05) is 40.9 Å².